The van der Waals surface area contributed by atoms with Crippen LogP contribution in [0.25, 0.3) is 0 Å². The maximum Gasteiger partial charge on any atom is 0.235 e. The highest BCUT2D eigenvalue weighted by Crippen LogP contribution is 2.25. The molecule has 0 heterocycles. The van der Waals surface area contributed by atoms with E-state index in [0.29, 0.717) is 10.2 Å². The molecule has 0 saturated carbocycles. The highest BCUT2D eigenvalue weighted by atomic mass is 79.9. The van der Waals surface area contributed by atoms with Gasteiger partial charge in [0, 0.05) is 16.2 Å². The Morgan fingerprint density at radius 2 is 2.10 bits per heavy atom. The smallest absolute Gasteiger partial charge is 0.235 e. The van der Waals surface area contributed by atoms with Gasteiger partial charge in [-0.2, -0.15) is 0 Å². The van der Waals surface area contributed by atoms with Gasteiger partial charge in [0.1, 0.15) is 5.75 Å². The second kappa shape index (κ2) is 7.08. The van der Waals surface area contributed by atoms with Crippen LogP contribution in [0.3, 0.4) is 0 Å². The van der Waals surface area contributed by atoms with E-state index < -0.39 is 21.5 Å². The molecule has 3 N–H and O–H groups in total. The van der Waals surface area contributed by atoms with Crippen LogP contribution in [-0.4, -0.2) is 26.1 Å². The lowest BCUT2D eigenvalue weighted by Gasteiger charge is -2.13. The Balaban J connectivity index is 2.82. The zero-order valence-electron chi connectivity index (χ0n) is 11.5. The molecule has 0 aromatic heterocycles. The molecule has 1 amide bonds. The van der Waals surface area contributed by atoms with E-state index in [1.165, 1.54) is 18.2 Å². The number of hydrogen-bond donors (Lipinski definition) is 2. The van der Waals surface area contributed by atoms with Gasteiger partial charge in [-0.05, 0) is 47.5 Å². The summed E-state index contributed by atoms with van der Waals surface area (Å²) in [5.74, 6) is -1.06. The second-order valence-electron chi connectivity index (χ2n) is 4.71. The molecule has 1 aromatic rings. The van der Waals surface area contributed by atoms with Crippen LogP contribution >= 0.6 is 15.9 Å². The minimum atomic E-state index is -3.68. The quantitative estimate of drug-likeness (QED) is 0.758. The topological polar surface area (TPSA) is 89.3 Å². The van der Waals surface area contributed by atoms with Crippen LogP contribution in [0.2, 0.25) is 0 Å². The fraction of sp³-hybridized carbons (Fsp3) is 0.462. The van der Waals surface area contributed by atoms with Crippen molar-refractivity contribution in [3.05, 3.63) is 22.7 Å². The molecule has 1 rings (SSSR count). The summed E-state index contributed by atoms with van der Waals surface area (Å²) in [5.41, 5.74) is 6.02. The van der Waals surface area contributed by atoms with Crippen molar-refractivity contribution in [1.29, 1.82) is 0 Å². The molecule has 0 fully saturated rings. The average Bonchev–Trinajstić information content (AvgIpc) is 2.26. The van der Waals surface area contributed by atoms with Gasteiger partial charge in [0.25, 0.3) is 0 Å². The van der Waals surface area contributed by atoms with Crippen molar-refractivity contribution in [2.75, 3.05) is 11.5 Å². The van der Waals surface area contributed by atoms with Crippen molar-refractivity contribution < 1.29 is 13.2 Å². The SMILES string of the molecule is CCCC(C)NC(=O)CS(=O)(=O)c1ccc(N)cc1Br. The number of rotatable bonds is 6. The normalized spacial score (nSPS) is 12.9. The Kier molecular flexibility index (Phi) is 6.01. The summed E-state index contributed by atoms with van der Waals surface area (Å²) in [5, 5.41) is 2.68. The third kappa shape index (κ3) is 4.79. The van der Waals surface area contributed by atoms with Crippen LogP contribution in [0.4, 0.5) is 5.69 Å². The van der Waals surface area contributed by atoms with E-state index in [9.17, 15) is 13.2 Å². The van der Waals surface area contributed by atoms with Gasteiger partial charge in [-0.15, -0.1) is 0 Å². The van der Waals surface area contributed by atoms with Gasteiger partial charge in [-0.1, -0.05) is 13.3 Å². The third-order valence-corrected chi connectivity index (χ3v) is 5.33. The van der Waals surface area contributed by atoms with Crippen molar-refractivity contribution in [2.24, 2.45) is 0 Å². The van der Waals surface area contributed by atoms with Crippen molar-refractivity contribution in [3.63, 3.8) is 0 Å². The standard InChI is InChI=1S/C13H19BrN2O3S/c1-3-4-9(2)16-13(17)8-20(18,19)12-6-5-10(15)7-11(12)14/h5-7,9H,3-4,8,15H2,1-2H3,(H,16,17). The maximum atomic E-state index is 12.2. The molecule has 0 aliphatic heterocycles. The van der Waals surface area contributed by atoms with Gasteiger partial charge < -0.3 is 11.1 Å². The monoisotopic (exact) mass is 362 g/mol. The number of carbonyl (C=O) groups is 1. The van der Waals surface area contributed by atoms with Crippen LogP contribution in [0.5, 0.6) is 0 Å². The molecule has 20 heavy (non-hydrogen) atoms. The number of nitrogens with one attached hydrogen (secondary N) is 1. The van der Waals surface area contributed by atoms with E-state index in [1.807, 2.05) is 13.8 Å². The fourth-order valence-corrected chi connectivity index (χ4v) is 4.19. The van der Waals surface area contributed by atoms with Gasteiger partial charge in [-0.3, -0.25) is 4.79 Å². The lowest BCUT2D eigenvalue weighted by Crippen LogP contribution is -2.36. The van der Waals surface area contributed by atoms with Gasteiger partial charge in [0.05, 0.1) is 4.90 Å². The Morgan fingerprint density at radius 1 is 1.45 bits per heavy atom. The molecule has 112 valence electrons. The van der Waals surface area contributed by atoms with Crippen LogP contribution in [0, 0.1) is 0 Å². The van der Waals surface area contributed by atoms with Gasteiger partial charge in [0.2, 0.25) is 5.91 Å². The first kappa shape index (κ1) is 17.0. The molecule has 0 spiro atoms. The van der Waals surface area contributed by atoms with Crippen LogP contribution in [0.15, 0.2) is 27.6 Å². The molecular weight excluding hydrogens is 344 g/mol. The number of amides is 1. The van der Waals surface area contributed by atoms with Gasteiger partial charge in [-0.25, -0.2) is 8.42 Å². The average molecular weight is 363 g/mol. The lowest BCUT2D eigenvalue weighted by molar-refractivity contribution is -0.119. The number of nitrogens with two attached hydrogens (primary N) is 1. The van der Waals surface area contributed by atoms with Crippen molar-refractivity contribution >= 4 is 37.4 Å². The molecule has 1 aromatic carbocycles. The summed E-state index contributed by atoms with van der Waals surface area (Å²) in [4.78, 5) is 11.8. The fourth-order valence-electron chi connectivity index (χ4n) is 1.84. The molecule has 1 atom stereocenters. The molecule has 0 aliphatic rings. The summed E-state index contributed by atoms with van der Waals surface area (Å²) in [6.45, 7) is 3.86. The Labute approximate surface area is 128 Å². The Morgan fingerprint density at radius 3 is 2.65 bits per heavy atom. The van der Waals surface area contributed by atoms with E-state index in [0.717, 1.165) is 12.8 Å². The molecule has 0 saturated heterocycles. The van der Waals surface area contributed by atoms with E-state index in [4.69, 9.17) is 5.73 Å². The predicted molar refractivity (Wildman–Crippen MR) is 83.1 cm³/mol. The Bertz CT molecular complexity index is 587. The number of halogens is 1. The molecule has 0 bridgehead atoms. The minimum absolute atomic E-state index is 0.0300. The minimum Gasteiger partial charge on any atom is -0.399 e. The molecule has 5 nitrogen and oxygen atoms in total. The summed E-state index contributed by atoms with van der Waals surface area (Å²) in [6, 6.07) is 4.37. The van der Waals surface area contributed by atoms with Crippen molar-refractivity contribution in [1.82, 2.24) is 5.32 Å². The third-order valence-electron chi connectivity index (χ3n) is 2.74. The molecule has 0 aliphatic carbocycles. The van der Waals surface area contributed by atoms with Gasteiger partial charge >= 0.3 is 0 Å². The highest BCUT2D eigenvalue weighted by molar-refractivity contribution is 9.10. The molecule has 7 heteroatoms. The Hall–Kier alpha value is -1.08. The van der Waals surface area contributed by atoms with E-state index in [-0.39, 0.29) is 10.9 Å². The van der Waals surface area contributed by atoms with Crippen molar-refractivity contribution in [2.45, 2.75) is 37.6 Å². The number of benzene rings is 1. The zero-order chi connectivity index (χ0) is 15.3. The first-order valence-electron chi connectivity index (χ1n) is 6.33. The number of carbonyl (C=O) groups excluding carboxylic acids is 1. The summed E-state index contributed by atoms with van der Waals surface area (Å²) < 4.78 is 24.7. The summed E-state index contributed by atoms with van der Waals surface area (Å²) in [6.07, 6.45) is 1.75. The van der Waals surface area contributed by atoms with Crippen LogP contribution in [0.1, 0.15) is 26.7 Å². The first-order chi connectivity index (χ1) is 9.26. The highest BCUT2D eigenvalue weighted by Gasteiger charge is 2.22. The number of hydrogen-bond acceptors (Lipinski definition) is 4. The van der Waals surface area contributed by atoms with E-state index in [1.54, 1.807) is 0 Å². The largest absolute Gasteiger partial charge is 0.399 e. The summed E-state index contributed by atoms with van der Waals surface area (Å²) >= 11 is 3.16. The second-order valence-corrected chi connectivity index (χ2v) is 7.52. The lowest BCUT2D eigenvalue weighted by atomic mass is 10.2. The molecule has 1 unspecified atom stereocenters. The zero-order valence-corrected chi connectivity index (χ0v) is 13.9. The molecule has 0 radical (unpaired) electrons. The number of sulfone groups is 1. The van der Waals surface area contributed by atoms with E-state index in [2.05, 4.69) is 21.2 Å². The first-order valence-corrected chi connectivity index (χ1v) is 8.78. The maximum absolute atomic E-state index is 12.2. The number of nitrogen functional groups attached to an aromatic ring is 1. The molecular formula is C13H19BrN2O3S. The van der Waals surface area contributed by atoms with Crippen LogP contribution < -0.4 is 11.1 Å². The van der Waals surface area contributed by atoms with E-state index >= 15 is 0 Å². The predicted octanol–water partition coefficient (Wildman–Crippen LogP) is 2.11. The summed E-state index contributed by atoms with van der Waals surface area (Å²) in [7, 11) is -3.68. The van der Waals surface area contributed by atoms with Crippen molar-refractivity contribution in [3.8, 4) is 0 Å². The number of anilines is 1. The van der Waals surface area contributed by atoms with Gasteiger partial charge in [0.15, 0.2) is 9.84 Å². The van der Waals surface area contributed by atoms with Crippen LogP contribution in [-0.2, 0) is 14.6 Å².